The summed E-state index contributed by atoms with van der Waals surface area (Å²) >= 11 is 0. The monoisotopic (exact) mass is 309 g/mol. The molecule has 4 aromatic rings. The van der Waals surface area contributed by atoms with Gasteiger partial charge in [-0.05, 0) is 36.4 Å². The lowest BCUT2D eigenvalue weighted by molar-refractivity contribution is 0.518. The molecular formula is C16H12FN5O. The number of furan rings is 1. The largest absolute Gasteiger partial charge is 0.467 e. The van der Waals surface area contributed by atoms with E-state index in [0.717, 1.165) is 16.8 Å². The van der Waals surface area contributed by atoms with Crippen LogP contribution in [-0.4, -0.2) is 19.7 Å². The number of aromatic nitrogens is 4. The average molecular weight is 309 g/mol. The van der Waals surface area contributed by atoms with E-state index in [0.29, 0.717) is 18.0 Å². The van der Waals surface area contributed by atoms with Crippen molar-refractivity contribution in [3.63, 3.8) is 0 Å². The van der Waals surface area contributed by atoms with Gasteiger partial charge < -0.3 is 9.73 Å². The van der Waals surface area contributed by atoms with Gasteiger partial charge in [0.1, 0.15) is 23.7 Å². The first-order valence-corrected chi connectivity index (χ1v) is 7.02. The van der Waals surface area contributed by atoms with Crippen LogP contribution in [0.5, 0.6) is 0 Å². The molecule has 0 unspecified atom stereocenters. The summed E-state index contributed by atoms with van der Waals surface area (Å²) in [6, 6.07) is 9.80. The first-order chi connectivity index (χ1) is 11.3. The SMILES string of the molecule is Fc1ccc(-n2ncc3c(NCc4ccco4)ncnc32)cc1. The van der Waals surface area contributed by atoms with Gasteiger partial charge in [0, 0.05) is 0 Å². The minimum Gasteiger partial charge on any atom is -0.467 e. The molecule has 6 nitrogen and oxygen atoms in total. The quantitative estimate of drug-likeness (QED) is 0.627. The molecular weight excluding hydrogens is 297 g/mol. The van der Waals surface area contributed by atoms with Crippen molar-refractivity contribution in [3.05, 3.63) is 66.8 Å². The Morgan fingerprint density at radius 3 is 2.78 bits per heavy atom. The maximum Gasteiger partial charge on any atom is 0.168 e. The van der Waals surface area contributed by atoms with Gasteiger partial charge in [-0.15, -0.1) is 0 Å². The zero-order valence-corrected chi connectivity index (χ0v) is 12.0. The van der Waals surface area contributed by atoms with Gasteiger partial charge in [0.2, 0.25) is 0 Å². The number of nitrogens with one attached hydrogen (secondary N) is 1. The van der Waals surface area contributed by atoms with Crippen molar-refractivity contribution in [1.29, 1.82) is 0 Å². The van der Waals surface area contributed by atoms with E-state index in [4.69, 9.17) is 4.42 Å². The highest BCUT2D eigenvalue weighted by Crippen LogP contribution is 2.22. The van der Waals surface area contributed by atoms with Crippen LogP contribution in [0, 0.1) is 5.82 Å². The Morgan fingerprint density at radius 1 is 1.13 bits per heavy atom. The molecule has 0 atom stereocenters. The highest BCUT2D eigenvalue weighted by Gasteiger charge is 2.11. The van der Waals surface area contributed by atoms with Crippen LogP contribution in [0.4, 0.5) is 10.2 Å². The second kappa shape index (κ2) is 5.53. The number of hydrogen-bond donors (Lipinski definition) is 1. The summed E-state index contributed by atoms with van der Waals surface area (Å²) in [5, 5.41) is 8.32. The summed E-state index contributed by atoms with van der Waals surface area (Å²) in [5.74, 6) is 1.18. The van der Waals surface area contributed by atoms with Crippen LogP contribution in [0.25, 0.3) is 16.7 Å². The fraction of sp³-hybridized carbons (Fsp3) is 0.0625. The number of nitrogens with zero attached hydrogens (tertiary/aromatic N) is 4. The molecule has 0 amide bonds. The van der Waals surface area contributed by atoms with Gasteiger partial charge in [0.25, 0.3) is 0 Å². The van der Waals surface area contributed by atoms with Crippen LogP contribution in [0.1, 0.15) is 5.76 Å². The van der Waals surface area contributed by atoms with Gasteiger partial charge in [-0.25, -0.2) is 19.0 Å². The maximum atomic E-state index is 13.1. The second-order valence-corrected chi connectivity index (χ2v) is 4.93. The molecule has 23 heavy (non-hydrogen) atoms. The van der Waals surface area contributed by atoms with Gasteiger partial charge in [0.15, 0.2) is 5.65 Å². The van der Waals surface area contributed by atoms with E-state index in [1.54, 1.807) is 29.3 Å². The molecule has 0 aliphatic heterocycles. The van der Waals surface area contributed by atoms with Gasteiger partial charge in [0.05, 0.1) is 30.1 Å². The second-order valence-electron chi connectivity index (χ2n) is 4.93. The molecule has 4 rings (SSSR count). The molecule has 0 saturated heterocycles. The first kappa shape index (κ1) is 13.4. The molecule has 1 aromatic carbocycles. The maximum absolute atomic E-state index is 13.1. The minimum atomic E-state index is -0.291. The Morgan fingerprint density at radius 2 is 2.00 bits per heavy atom. The van der Waals surface area contributed by atoms with Gasteiger partial charge >= 0.3 is 0 Å². The molecule has 0 aliphatic carbocycles. The highest BCUT2D eigenvalue weighted by atomic mass is 19.1. The molecule has 3 aromatic heterocycles. The average Bonchev–Trinajstić information content (AvgIpc) is 3.23. The van der Waals surface area contributed by atoms with Crippen LogP contribution in [0.3, 0.4) is 0 Å². The zero-order chi connectivity index (χ0) is 15.6. The first-order valence-electron chi connectivity index (χ1n) is 7.02. The third-order valence-corrected chi connectivity index (χ3v) is 3.45. The van der Waals surface area contributed by atoms with E-state index in [1.165, 1.54) is 18.5 Å². The molecule has 1 N–H and O–H groups in total. The number of rotatable bonds is 4. The predicted molar refractivity (Wildman–Crippen MR) is 82.7 cm³/mol. The molecule has 0 spiro atoms. The third-order valence-electron chi connectivity index (χ3n) is 3.45. The van der Waals surface area contributed by atoms with E-state index in [2.05, 4.69) is 20.4 Å². The Balaban J connectivity index is 1.70. The van der Waals surface area contributed by atoms with E-state index in [-0.39, 0.29) is 5.82 Å². The van der Waals surface area contributed by atoms with Crippen LogP contribution in [0.2, 0.25) is 0 Å². The smallest absolute Gasteiger partial charge is 0.168 e. The Hall–Kier alpha value is -3.22. The van der Waals surface area contributed by atoms with Gasteiger partial charge in [-0.1, -0.05) is 0 Å². The molecule has 0 fully saturated rings. The third kappa shape index (κ3) is 2.52. The highest BCUT2D eigenvalue weighted by molar-refractivity contribution is 5.87. The summed E-state index contributed by atoms with van der Waals surface area (Å²) < 4.78 is 20.0. The number of anilines is 1. The number of fused-ring (bicyclic) bond motifs is 1. The van der Waals surface area contributed by atoms with Crippen molar-refractivity contribution in [2.75, 3.05) is 5.32 Å². The summed E-state index contributed by atoms with van der Waals surface area (Å²) in [6.07, 6.45) is 4.77. The standard InChI is InChI=1S/C16H12FN5O/c17-11-3-5-12(6-4-11)22-16-14(9-21-22)15(19-10-20-16)18-8-13-2-1-7-23-13/h1-7,9-10H,8H2,(H,18,19,20). The van der Waals surface area contributed by atoms with Gasteiger partial charge in [-0.3, -0.25) is 0 Å². The summed E-state index contributed by atoms with van der Waals surface area (Å²) in [4.78, 5) is 8.53. The number of halogens is 1. The summed E-state index contributed by atoms with van der Waals surface area (Å²) in [5.41, 5.74) is 1.38. The lowest BCUT2D eigenvalue weighted by atomic mass is 10.3. The van der Waals surface area contributed by atoms with Crippen molar-refractivity contribution in [3.8, 4) is 5.69 Å². The van der Waals surface area contributed by atoms with Crippen LogP contribution in [0.15, 0.2) is 59.6 Å². The Labute approximate surface area is 130 Å². The van der Waals surface area contributed by atoms with E-state index in [9.17, 15) is 4.39 Å². The fourth-order valence-electron chi connectivity index (χ4n) is 2.34. The van der Waals surface area contributed by atoms with E-state index < -0.39 is 0 Å². The van der Waals surface area contributed by atoms with Crippen molar-refractivity contribution in [2.45, 2.75) is 6.54 Å². The van der Waals surface area contributed by atoms with Crippen molar-refractivity contribution < 1.29 is 8.81 Å². The van der Waals surface area contributed by atoms with Crippen LogP contribution in [-0.2, 0) is 6.54 Å². The Kier molecular flexibility index (Phi) is 3.23. The van der Waals surface area contributed by atoms with E-state index >= 15 is 0 Å². The lowest BCUT2D eigenvalue weighted by Gasteiger charge is -2.05. The molecule has 114 valence electrons. The summed E-state index contributed by atoms with van der Waals surface area (Å²) in [6.45, 7) is 0.515. The molecule has 3 heterocycles. The molecule has 0 aliphatic rings. The molecule has 0 radical (unpaired) electrons. The van der Waals surface area contributed by atoms with E-state index in [1.807, 2.05) is 12.1 Å². The number of benzene rings is 1. The predicted octanol–water partition coefficient (Wildman–Crippen LogP) is 3.16. The van der Waals surface area contributed by atoms with Crippen molar-refractivity contribution in [1.82, 2.24) is 19.7 Å². The molecule has 0 bridgehead atoms. The van der Waals surface area contributed by atoms with Crippen LogP contribution >= 0.6 is 0 Å². The summed E-state index contributed by atoms with van der Waals surface area (Å²) in [7, 11) is 0. The number of hydrogen-bond acceptors (Lipinski definition) is 5. The molecule has 0 saturated carbocycles. The van der Waals surface area contributed by atoms with Gasteiger partial charge in [-0.2, -0.15) is 5.10 Å². The Bertz CT molecular complexity index is 931. The van der Waals surface area contributed by atoms with Crippen molar-refractivity contribution in [2.24, 2.45) is 0 Å². The van der Waals surface area contributed by atoms with Crippen LogP contribution < -0.4 is 5.32 Å². The fourth-order valence-corrected chi connectivity index (χ4v) is 2.34. The van der Waals surface area contributed by atoms with Crippen molar-refractivity contribution >= 4 is 16.9 Å². The lowest BCUT2D eigenvalue weighted by Crippen LogP contribution is -2.02. The molecule has 7 heteroatoms. The topological polar surface area (TPSA) is 68.8 Å². The zero-order valence-electron chi connectivity index (χ0n) is 12.0. The minimum absolute atomic E-state index is 0.291. The normalized spacial score (nSPS) is 11.0.